The molecule has 0 atom stereocenters. The normalized spacial score (nSPS) is 12.8. The summed E-state index contributed by atoms with van der Waals surface area (Å²) in [6.07, 6.45) is -12.0. The van der Waals surface area contributed by atoms with Crippen molar-refractivity contribution in [2.45, 2.75) is 31.5 Å². The van der Waals surface area contributed by atoms with Gasteiger partial charge in [-0.15, -0.1) is 11.3 Å². The third-order valence-corrected chi connectivity index (χ3v) is 6.24. The first-order chi connectivity index (χ1) is 14.8. The van der Waals surface area contributed by atoms with Gasteiger partial charge in [0, 0.05) is 20.9 Å². The maximum Gasteiger partial charge on any atom is 0.430 e. The summed E-state index contributed by atoms with van der Waals surface area (Å²) >= 11 is 0.968. The Kier molecular flexibility index (Phi) is 6.34. The van der Waals surface area contributed by atoms with E-state index in [1.165, 1.54) is 19.2 Å². The third kappa shape index (κ3) is 3.98. The van der Waals surface area contributed by atoms with Crippen LogP contribution in [0.3, 0.4) is 0 Å². The highest BCUT2D eigenvalue weighted by Crippen LogP contribution is 2.54. The van der Waals surface area contributed by atoms with Crippen LogP contribution < -0.4 is 4.74 Å². The van der Waals surface area contributed by atoms with Crippen molar-refractivity contribution in [2.75, 3.05) is 7.11 Å². The molecule has 0 fully saturated rings. The van der Waals surface area contributed by atoms with Gasteiger partial charge in [-0.1, -0.05) is 30.3 Å². The minimum absolute atomic E-state index is 0.121. The first kappa shape index (κ1) is 24.1. The fourth-order valence-electron chi connectivity index (χ4n) is 3.46. The maximum atomic E-state index is 13.6. The topological polar surface area (TPSA) is 49.7 Å². The Balaban J connectivity index is 2.19. The van der Waals surface area contributed by atoms with Crippen LogP contribution in [-0.2, 0) is 12.2 Å². The summed E-state index contributed by atoms with van der Waals surface area (Å²) in [5.74, 6) is 0.389. The SMILES string of the molecule is COc1cc(-c2ccc(-c3cccc(C)c3C(O)(C(F)(F)F)C(F)(F)F)s2)ccc1CO. The van der Waals surface area contributed by atoms with Crippen LogP contribution in [0, 0.1) is 6.92 Å². The Morgan fingerprint density at radius 1 is 0.906 bits per heavy atom. The third-order valence-electron chi connectivity index (χ3n) is 5.07. The lowest BCUT2D eigenvalue weighted by atomic mass is 9.84. The first-order valence-electron chi connectivity index (χ1n) is 9.19. The second-order valence-corrected chi connectivity index (χ2v) is 8.14. The number of halogens is 6. The molecule has 0 aliphatic heterocycles. The molecule has 3 aromatic rings. The van der Waals surface area contributed by atoms with E-state index in [2.05, 4.69) is 0 Å². The quantitative estimate of drug-likeness (QED) is 0.431. The lowest BCUT2D eigenvalue weighted by Gasteiger charge is -2.35. The lowest BCUT2D eigenvalue weighted by molar-refractivity contribution is -0.376. The summed E-state index contributed by atoms with van der Waals surface area (Å²) in [6, 6.07) is 11.4. The van der Waals surface area contributed by atoms with Gasteiger partial charge in [0.2, 0.25) is 0 Å². The molecule has 10 heteroatoms. The molecular weight excluding hydrogens is 458 g/mol. The Morgan fingerprint density at radius 2 is 1.53 bits per heavy atom. The monoisotopic (exact) mass is 476 g/mol. The van der Waals surface area contributed by atoms with E-state index in [0.29, 0.717) is 21.8 Å². The number of aliphatic hydroxyl groups is 2. The van der Waals surface area contributed by atoms with Gasteiger partial charge in [0.1, 0.15) is 5.75 Å². The van der Waals surface area contributed by atoms with Crippen LogP contribution in [0.2, 0.25) is 0 Å². The van der Waals surface area contributed by atoms with Gasteiger partial charge < -0.3 is 14.9 Å². The smallest absolute Gasteiger partial charge is 0.430 e. The van der Waals surface area contributed by atoms with E-state index >= 15 is 0 Å². The number of alkyl halides is 6. The molecule has 2 N–H and O–H groups in total. The molecular formula is C22H18F6O3S. The van der Waals surface area contributed by atoms with E-state index in [-0.39, 0.29) is 22.6 Å². The van der Waals surface area contributed by atoms with Gasteiger partial charge in [0.15, 0.2) is 0 Å². The van der Waals surface area contributed by atoms with Crippen molar-refractivity contribution in [1.29, 1.82) is 0 Å². The molecule has 0 saturated heterocycles. The number of thiophene rings is 1. The molecule has 0 radical (unpaired) electrons. The van der Waals surface area contributed by atoms with E-state index < -0.39 is 23.5 Å². The van der Waals surface area contributed by atoms with Crippen molar-refractivity contribution in [3.63, 3.8) is 0 Å². The van der Waals surface area contributed by atoms with Crippen molar-refractivity contribution in [1.82, 2.24) is 0 Å². The highest BCUT2D eigenvalue weighted by molar-refractivity contribution is 7.18. The zero-order valence-electron chi connectivity index (χ0n) is 16.8. The van der Waals surface area contributed by atoms with Crippen molar-refractivity contribution >= 4 is 11.3 Å². The van der Waals surface area contributed by atoms with Crippen LogP contribution in [0.4, 0.5) is 26.3 Å². The molecule has 0 saturated carbocycles. The average molecular weight is 476 g/mol. The largest absolute Gasteiger partial charge is 0.496 e. The molecule has 0 aliphatic rings. The highest BCUT2D eigenvalue weighted by Gasteiger charge is 2.72. The summed E-state index contributed by atoms with van der Waals surface area (Å²) in [5.41, 5.74) is -5.86. The second-order valence-electron chi connectivity index (χ2n) is 7.05. The van der Waals surface area contributed by atoms with Gasteiger partial charge in [0.05, 0.1) is 13.7 Å². The average Bonchev–Trinajstić information content (AvgIpc) is 3.21. The van der Waals surface area contributed by atoms with Crippen LogP contribution in [0.1, 0.15) is 16.7 Å². The van der Waals surface area contributed by atoms with Crippen molar-refractivity contribution in [3.8, 4) is 26.6 Å². The summed E-state index contributed by atoms with van der Waals surface area (Å²) < 4.78 is 86.7. The Hall–Kier alpha value is -2.56. The predicted molar refractivity (Wildman–Crippen MR) is 108 cm³/mol. The fourth-order valence-corrected chi connectivity index (χ4v) is 4.50. The van der Waals surface area contributed by atoms with Crippen LogP contribution in [0.5, 0.6) is 5.75 Å². The fraction of sp³-hybridized carbons (Fsp3) is 0.273. The Labute approximate surface area is 183 Å². The van der Waals surface area contributed by atoms with Gasteiger partial charge >= 0.3 is 12.4 Å². The number of hydrogen-bond donors (Lipinski definition) is 2. The van der Waals surface area contributed by atoms with Gasteiger partial charge in [-0.3, -0.25) is 0 Å². The van der Waals surface area contributed by atoms with Crippen molar-refractivity contribution in [3.05, 3.63) is 65.2 Å². The number of methoxy groups -OCH3 is 1. The molecule has 0 unspecified atom stereocenters. The van der Waals surface area contributed by atoms with Gasteiger partial charge in [0.25, 0.3) is 5.60 Å². The van der Waals surface area contributed by atoms with E-state index in [1.54, 1.807) is 24.3 Å². The van der Waals surface area contributed by atoms with Crippen LogP contribution in [-0.4, -0.2) is 29.7 Å². The minimum atomic E-state index is -5.99. The molecule has 1 heterocycles. The summed E-state index contributed by atoms with van der Waals surface area (Å²) in [7, 11) is 1.41. The Bertz CT molecular complexity index is 1100. The van der Waals surface area contributed by atoms with Crippen molar-refractivity contribution in [2.24, 2.45) is 0 Å². The molecule has 0 aliphatic carbocycles. The lowest BCUT2D eigenvalue weighted by Crippen LogP contribution is -2.54. The predicted octanol–water partition coefficient (Wildman–Crippen LogP) is 6.20. The van der Waals surface area contributed by atoms with Crippen molar-refractivity contribution < 1.29 is 41.3 Å². The first-order valence-corrected chi connectivity index (χ1v) is 10.0. The van der Waals surface area contributed by atoms with Gasteiger partial charge in [-0.25, -0.2) is 0 Å². The van der Waals surface area contributed by atoms with E-state index in [0.717, 1.165) is 30.4 Å². The molecule has 32 heavy (non-hydrogen) atoms. The number of hydrogen-bond acceptors (Lipinski definition) is 4. The summed E-state index contributed by atoms with van der Waals surface area (Å²) in [5, 5.41) is 19.4. The number of aryl methyl sites for hydroxylation is 1. The number of aliphatic hydroxyl groups excluding tert-OH is 1. The minimum Gasteiger partial charge on any atom is -0.496 e. The molecule has 0 spiro atoms. The standard InChI is InChI=1S/C22H18F6O3S/c1-12-4-3-5-15(19(12)20(30,21(23,24)25)22(26,27)28)18-9-8-17(32-18)13-6-7-14(11-29)16(10-13)31-2/h3-10,29-30H,11H2,1-2H3. The molecule has 3 rings (SSSR count). The summed E-state index contributed by atoms with van der Waals surface area (Å²) in [4.78, 5) is 0.675. The Morgan fingerprint density at radius 3 is 2.09 bits per heavy atom. The zero-order chi connectivity index (χ0) is 23.9. The molecule has 172 valence electrons. The van der Waals surface area contributed by atoms with Crippen LogP contribution in [0.25, 0.3) is 20.9 Å². The number of rotatable bonds is 5. The maximum absolute atomic E-state index is 13.6. The molecule has 1 aromatic heterocycles. The van der Waals surface area contributed by atoms with Crippen LogP contribution in [0.15, 0.2) is 48.5 Å². The van der Waals surface area contributed by atoms with E-state index in [4.69, 9.17) is 4.74 Å². The summed E-state index contributed by atoms with van der Waals surface area (Å²) in [6.45, 7) is 0.827. The van der Waals surface area contributed by atoms with Gasteiger partial charge in [-0.2, -0.15) is 26.3 Å². The van der Waals surface area contributed by atoms with Gasteiger partial charge in [-0.05, 0) is 41.8 Å². The number of ether oxygens (including phenoxy) is 1. The molecule has 0 bridgehead atoms. The zero-order valence-corrected chi connectivity index (χ0v) is 17.6. The van der Waals surface area contributed by atoms with E-state index in [9.17, 15) is 36.6 Å². The molecule has 3 nitrogen and oxygen atoms in total. The van der Waals surface area contributed by atoms with Crippen LogP contribution >= 0.6 is 11.3 Å². The van der Waals surface area contributed by atoms with E-state index in [1.807, 2.05) is 0 Å². The second kappa shape index (κ2) is 8.42. The number of benzene rings is 2. The highest BCUT2D eigenvalue weighted by atomic mass is 32.1. The molecule has 2 aromatic carbocycles. The molecule has 0 amide bonds.